The van der Waals surface area contributed by atoms with Crippen LogP contribution in [0.3, 0.4) is 0 Å². The van der Waals surface area contributed by atoms with E-state index in [9.17, 15) is 4.79 Å². The number of hydrogen-bond acceptors (Lipinski definition) is 2. The summed E-state index contributed by atoms with van der Waals surface area (Å²) in [5.74, 6) is 1.88. The second kappa shape index (κ2) is 3.66. The maximum Gasteiger partial charge on any atom is 0.169 e. The highest BCUT2D eigenvalue weighted by Gasteiger charge is 2.22. The fourth-order valence-corrected chi connectivity index (χ4v) is 2.15. The van der Waals surface area contributed by atoms with Crippen LogP contribution in [0.1, 0.15) is 25.0 Å². The van der Waals surface area contributed by atoms with Crippen LogP contribution < -0.4 is 0 Å². The molecule has 3 heteroatoms. The Labute approximate surface area is 85.4 Å². The molecule has 0 N–H and O–H groups in total. The smallest absolute Gasteiger partial charge is 0.169 e. The molecule has 1 heterocycles. The second-order valence-electron chi connectivity index (χ2n) is 3.56. The van der Waals surface area contributed by atoms with Crippen LogP contribution in [0.4, 0.5) is 0 Å². The average molecular weight is 243 g/mol. The molecular formula is C10H11BrO2. The lowest BCUT2D eigenvalue weighted by molar-refractivity contribution is -0.117. The highest BCUT2D eigenvalue weighted by atomic mass is 79.9. The number of carbonyl (C=O) groups excluding carboxylic acids is 1. The Hall–Kier alpha value is -0.570. The molecule has 1 aromatic rings. The van der Waals surface area contributed by atoms with Gasteiger partial charge in [0.2, 0.25) is 0 Å². The molecule has 0 bridgehead atoms. The molecule has 1 aliphatic carbocycles. The van der Waals surface area contributed by atoms with Crippen molar-refractivity contribution in [3.63, 3.8) is 0 Å². The van der Waals surface area contributed by atoms with Gasteiger partial charge in [-0.2, -0.15) is 0 Å². The van der Waals surface area contributed by atoms with Crippen LogP contribution in [0.2, 0.25) is 0 Å². The van der Waals surface area contributed by atoms with Gasteiger partial charge in [0, 0.05) is 19.3 Å². The Morgan fingerprint density at radius 2 is 2.38 bits per heavy atom. The molecule has 1 fully saturated rings. The van der Waals surface area contributed by atoms with Crippen molar-refractivity contribution in [3.05, 3.63) is 22.6 Å². The minimum absolute atomic E-state index is 0.399. The fraction of sp³-hybridized carbons (Fsp3) is 0.500. The molecule has 1 aliphatic rings. The number of carbonyl (C=O) groups is 1. The summed E-state index contributed by atoms with van der Waals surface area (Å²) in [4.78, 5) is 11.0. The van der Waals surface area contributed by atoms with Gasteiger partial charge < -0.3 is 4.42 Å². The van der Waals surface area contributed by atoms with E-state index in [2.05, 4.69) is 15.9 Å². The molecule has 1 unspecified atom stereocenters. The third-order valence-corrected chi connectivity index (χ3v) is 2.89. The molecule has 2 rings (SSSR count). The molecule has 2 nitrogen and oxygen atoms in total. The van der Waals surface area contributed by atoms with E-state index < -0.39 is 0 Å². The highest BCUT2D eigenvalue weighted by molar-refractivity contribution is 9.10. The third kappa shape index (κ3) is 2.21. The summed E-state index contributed by atoms with van der Waals surface area (Å²) in [6.07, 6.45) is 3.42. The Balaban J connectivity index is 1.95. The average Bonchev–Trinajstić information content (AvgIpc) is 2.62. The van der Waals surface area contributed by atoms with Crippen molar-refractivity contribution >= 4 is 21.7 Å². The van der Waals surface area contributed by atoms with Gasteiger partial charge in [0.25, 0.3) is 0 Å². The van der Waals surface area contributed by atoms with Gasteiger partial charge in [-0.1, -0.05) is 0 Å². The van der Waals surface area contributed by atoms with Crippen LogP contribution in [0.5, 0.6) is 0 Å². The maximum atomic E-state index is 11.0. The summed E-state index contributed by atoms with van der Waals surface area (Å²) in [5.41, 5.74) is 0. The minimum Gasteiger partial charge on any atom is -0.454 e. The number of ketones is 1. The van der Waals surface area contributed by atoms with Gasteiger partial charge in [-0.3, -0.25) is 4.79 Å². The van der Waals surface area contributed by atoms with Crippen molar-refractivity contribution in [1.29, 1.82) is 0 Å². The molecule has 0 radical (unpaired) electrons. The third-order valence-electron chi connectivity index (χ3n) is 2.47. The molecule has 1 aromatic heterocycles. The quantitative estimate of drug-likeness (QED) is 0.799. The zero-order valence-electron chi connectivity index (χ0n) is 7.25. The summed E-state index contributed by atoms with van der Waals surface area (Å²) < 4.78 is 6.16. The predicted octanol–water partition coefficient (Wildman–Crippen LogP) is 2.95. The summed E-state index contributed by atoms with van der Waals surface area (Å²) in [6, 6.07) is 3.86. The minimum atomic E-state index is 0.399. The van der Waals surface area contributed by atoms with Crippen molar-refractivity contribution in [1.82, 2.24) is 0 Å². The first-order valence-electron chi connectivity index (χ1n) is 4.50. The Morgan fingerprint density at radius 3 is 2.92 bits per heavy atom. The number of rotatable bonds is 2. The lowest BCUT2D eigenvalue weighted by Crippen LogP contribution is -1.98. The van der Waals surface area contributed by atoms with Crippen molar-refractivity contribution in [3.8, 4) is 0 Å². The molecule has 0 spiro atoms. The zero-order chi connectivity index (χ0) is 9.26. The van der Waals surface area contributed by atoms with Gasteiger partial charge in [-0.25, -0.2) is 0 Å². The number of furan rings is 1. The van der Waals surface area contributed by atoms with Crippen molar-refractivity contribution in [2.75, 3.05) is 0 Å². The molecule has 13 heavy (non-hydrogen) atoms. The van der Waals surface area contributed by atoms with Crippen LogP contribution in [-0.2, 0) is 11.2 Å². The second-order valence-corrected chi connectivity index (χ2v) is 4.34. The van der Waals surface area contributed by atoms with Gasteiger partial charge in [-0.15, -0.1) is 0 Å². The highest BCUT2D eigenvalue weighted by Crippen LogP contribution is 2.27. The van der Waals surface area contributed by atoms with Gasteiger partial charge in [0.15, 0.2) is 4.67 Å². The summed E-state index contributed by atoms with van der Waals surface area (Å²) in [7, 11) is 0. The largest absolute Gasteiger partial charge is 0.454 e. The van der Waals surface area contributed by atoms with Crippen LogP contribution in [0.25, 0.3) is 0 Å². The first-order chi connectivity index (χ1) is 6.24. The molecule has 0 aromatic carbocycles. The molecule has 0 saturated heterocycles. The van der Waals surface area contributed by atoms with E-state index in [1.807, 2.05) is 12.1 Å². The van der Waals surface area contributed by atoms with E-state index in [1.54, 1.807) is 0 Å². The van der Waals surface area contributed by atoms with Gasteiger partial charge >= 0.3 is 0 Å². The van der Waals surface area contributed by atoms with E-state index >= 15 is 0 Å². The standard InChI is InChI=1S/C10H11BrO2/c11-10-4-3-9(13-10)6-7-1-2-8(12)5-7/h3-4,7H,1-2,5-6H2. The number of Topliss-reactive ketones (excluding diaryl/α,β-unsaturated/α-hetero) is 1. The monoisotopic (exact) mass is 242 g/mol. The predicted molar refractivity (Wildman–Crippen MR) is 52.5 cm³/mol. The van der Waals surface area contributed by atoms with Crippen LogP contribution in [0, 0.1) is 5.92 Å². The first kappa shape index (κ1) is 9.00. The van der Waals surface area contributed by atoms with E-state index in [-0.39, 0.29) is 0 Å². The molecule has 1 saturated carbocycles. The number of hydrogen-bond donors (Lipinski definition) is 0. The molecular weight excluding hydrogens is 232 g/mol. The van der Waals surface area contributed by atoms with Gasteiger partial charge in [0.05, 0.1) is 0 Å². The van der Waals surface area contributed by atoms with Crippen LogP contribution in [-0.4, -0.2) is 5.78 Å². The first-order valence-corrected chi connectivity index (χ1v) is 5.29. The van der Waals surface area contributed by atoms with Gasteiger partial charge in [-0.05, 0) is 40.4 Å². The number of halogens is 1. The maximum absolute atomic E-state index is 11.0. The molecule has 1 atom stereocenters. The fourth-order valence-electron chi connectivity index (χ4n) is 1.81. The molecule has 70 valence electrons. The topological polar surface area (TPSA) is 30.2 Å². The van der Waals surface area contributed by atoms with E-state index in [0.717, 1.165) is 36.1 Å². The van der Waals surface area contributed by atoms with E-state index in [4.69, 9.17) is 4.42 Å². The van der Waals surface area contributed by atoms with E-state index in [0.29, 0.717) is 11.7 Å². The summed E-state index contributed by atoms with van der Waals surface area (Å²) in [5, 5.41) is 0. The van der Waals surface area contributed by atoms with Crippen molar-refractivity contribution < 1.29 is 9.21 Å². The Bertz CT molecular complexity index is 316. The van der Waals surface area contributed by atoms with Crippen molar-refractivity contribution in [2.45, 2.75) is 25.7 Å². The lowest BCUT2D eigenvalue weighted by Gasteiger charge is -2.03. The SMILES string of the molecule is O=C1CCC(Cc2ccc(Br)o2)C1. The lowest BCUT2D eigenvalue weighted by atomic mass is 10.0. The zero-order valence-corrected chi connectivity index (χ0v) is 8.84. The molecule has 0 amide bonds. The van der Waals surface area contributed by atoms with Crippen LogP contribution in [0.15, 0.2) is 21.2 Å². The van der Waals surface area contributed by atoms with Gasteiger partial charge in [0.1, 0.15) is 11.5 Å². The summed E-state index contributed by atoms with van der Waals surface area (Å²) >= 11 is 3.26. The van der Waals surface area contributed by atoms with Crippen LogP contribution >= 0.6 is 15.9 Å². The van der Waals surface area contributed by atoms with E-state index in [1.165, 1.54) is 0 Å². The Kier molecular flexibility index (Phi) is 2.54. The van der Waals surface area contributed by atoms with Crippen molar-refractivity contribution in [2.24, 2.45) is 5.92 Å². The normalized spacial score (nSPS) is 22.5. The Morgan fingerprint density at radius 1 is 1.54 bits per heavy atom. The molecule has 0 aliphatic heterocycles. The summed E-state index contributed by atoms with van der Waals surface area (Å²) in [6.45, 7) is 0.